The van der Waals surface area contributed by atoms with E-state index in [1.807, 2.05) is 61.5 Å². The quantitative estimate of drug-likeness (QED) is 0.332. The average molecular weight is 626 g/mol. The number of amides is 5. The second kappa shape index (κ2) is 14.3. The second-order valence-electron chi connectivity index (χ2n) is 11.5. The summed E-state index contributed by atoms with van der Waals surface area (Å²) in [6.45, 7) is 1.51. The first-order valence-corrected chi connectivity index (χ1v) is 15.2. The third-order valence-corrected chi connectivity index (χ3v) is 8.20. The van der Waals surface area contributed by atoms with Gasteiger partial charge in [-0.05, 0) is 48.1 Å². The Labute approximate surface area is 268 Å². The summed E-state index contributed by atoms with van der Waals surface area (Å²) in [4.78, 5) is 58.1. The monoisotopic (exact) mass is 625 g/mol. The standard InChI is InChI=1S/C34H39N7O5/c1-5-18-39(33(44)35-2)40-23-31(42)41-29(20-24-13-15-27(16-14-24)46-34(45)36-17-19-37(3)4)32(43)38(22-30(40)41)21-26-11-8-10-25-9-6-7-12-28(25)26/h1,6-16,29-30H,17-23H2,2-4H3,(H,35,44)(H,36,45)/t29-,30+/m0/s1. The number of carbonyl (C=O) groups is 4. The summed E-state index contributed by atoms with van der Waals surface area (Å²) in [5.41, 5.74) is 1.76. The van der Waals surface area contributed by atoms with E-state index in [2.05, 4.69) is 16.6 Å². The van der Waals surface area contributed by atoms with Crippen molar-refractivity contribution >= 4 is 34.7 Å². The molecule has 2 atom stereocenters. The van der Waals surface area contributed by atoms with Crippen LogP contribution in [0.3, 0.4) is 0 Å². The van der Waals surface area contributed by atoms with Crippen LogP contribution in [0.15, 0.2) is 66.7 Å². The lowest BCUT2D eigenvalue weighted by Crippen LogP contribution is -2.66. The molecule has 0 saturated carbocycles. The maximum absolute atomic E-state index is 14.2. The Morgan fingerprint density at radius 1 is 1.04 bits per heavy atom. The molecule has 0 aliphatic carbocycles. The summed E-state index contributed by atoms with van der Waals surface area (Å²) in [5.74, 6) is 2.40. The molecule has 2 N–H and O–H groups in total. The number of benzene rings is 3. The topological polar surface area (TPSA) is 118 Å². The van der Waals surface area contributed by atoms with Gasteiger partial charge in [-0.1, -0.05) is 60.5 Å². The third kappa shape index (κ3) is 7.06. The number of urea groups is 1. The first kappa shape index (κ1) is 32.3. The van der Waals surface area contributed by atoms with Crippen molar-refractivity contribution in [2.45, 2.75) is 25.2 Å². The zero-order chi connectivity index (χ0) is 32.8. The number of rotatable bonds is 10. The fourth-order valence-corrected chi connectivity index (χ4v) is 5.96. The number of ether oxygens (including phenoxy) is 1. The van der Waals surface area contributed by atoms with E-state index >= 15 is 0 Å². The Kier molecular flexibility index (Phi) is 10.0. The molecule has 46 heavy (non-hydrogen) atoms. The zero-order valence-corrected chi connectivity index (χ0v) is 26.3. The minimum Gasteiger partial charge on any atom is -0.410 e. The molecule has 2 saturated heterocycles. The van der Waals surface area contributed by atoms with Gasteiger partial charge in [-0.2, -0.15) is 5.01 Å². The fraction of sp³-hybridized carbons (Fsp3) is 0.353. The Bertz CT molecular complexity index is 1630. The maximum Gasteiger partial charge on any atom is 0.412 e. The summed E-state index contributed by atoms with van der Waals surface area (Å²) >= 11 is 0. The van der Waals surface area contributed by atoms with Gasteiger partial charge in [0.25, 0.3) is 0 Å². The van der Waals surface area contributed by atoms with Crippen LogP contribution in [0.1, 0.15) is 11.1 Å². The third-order valence-electron chi connectivity index (χ3n) is 8.20. The molecule has 2 heterocycles. The molecule has 0 spiro atoms. The molecule has 2 fully saturated rings. The van der Waals surface area contributed by atoms with Crippen molar-refractivity contribution in [1.29, 1.82) is 0 Å². The van der Waals surface area contributed by atoms with Crippen molar-refractivity contribution in [2.75, 3.05) is 53.9 Å². The zero-order valence-electron chi connectivity index (χ0n) is 26.3. The summed E-state index contributed by atoms with van der Waals surface area (Å²) in [6, 6.07) is 19.6. The molecule has 0 aromatic heterocycles. The number of terminal acetylenes is 1. The summed E-state index contributed by atoms with van der Waals surface area (Å²) in [7, 11) is 5.33. The van der Waals surface area contributed by atoms with Crippen molar-refractivity contribution in [2.24, 2.45) is 0 Å². The van der Waals surface area contributed by atoms with Crippen LogP contribution in [0.2, 0.25) is 0 Å². The Morgan fingerprint density at radius 2 is 1.78 bits per heavy atom. The number of hydrogen-bond donors (Lipinski definition) is 2. The molecular formula is C34H39N7O5. The van der Waals surface area contributed by atoms with Crippen LogP contribution in [-0.4, -0.2) is 115 Å². The molecule has 2 aliphatic rings. The van der Waals surface area contributed by atoms with Crippen molar-refractivity contribution in [1.82, 2.24) is 35.4 Å². The highest BCUT2D eigenvalue weighted by molar-refractivity contribution is 5.92. The van der Waals surface area contributed by atoms with Gasteiger partial charge in [0.1, 0.15) is 18.0 Å². The van der Waals surface area contributed by atoms with Crippen LogP contribution in [0, 0.1) is 12.3 Å². The van der Waals surface area contributed by atoms with Gasteiger partial charge in [0.05, 0.1) is 19.6 Å². The van der Waals surface area contributed by atoms with E-state index in [4.69, 9.17) is 11.2 Å². The van der Waals surface area contributed by atoms with Gasteiger partial charge < -0.3 is 30.1 Å². The van der Waals surface area contributed by atoms with Crippen LogP contribution in [-0.2, 0) is 22.6 Å². The van der Waals surface area contributed by atoms with E-state index < -0.39 is 24.3 Å². The lowest BCUT2D eigenvalue weighted by atomic mass is 9.99. The molecule has 3 aromatic carbocycles. The Balaban J connectivity index is 1.41. The number of fused-ring (bicyclic) bond motifs is 2. The predicted molar refractivity (Wildman–Crippen MR) is 173 cm³/mol. The summed E-state index contributed by atoms with van der Waals surface area (Å²) in [6.07, 6.45) is 4.67. The predicted octanol–water partition coefficient (Wildman–Crippen LogP) is 2.10. The first-order chi connectivity index (χ1) is 22.2. The van der Waals surface area contributed by atoms with E-state index in [1.165, 1.54) is 12.1 Å². The van der Waals surface area contributed by atoms with E-state index in [0.29, 0.717) is 25.4 Å². The SMILES string of the molecule is C#CCN(C(=O)NC)N1CC(=O)N2[C@@H](Cc3ccc(OC(=O)NCCN(C)C)cc3)C(=O)N(Cc3cccc4ccccc34)C[C@@H]21. The minimum absolute atomic E-state index is 0.0383. The van der Waals surface area contributed by atoms with Crippen LogP contribution >= 0.6 is 0 Å². The Morgan fingerprint density at radius 3 is 2.50 bits per heavy atom. The molecule has 0 unspecified atom stereocenters. The fourth-order valence-electron chi connectivity index (χ4n) is 5.96. The molecule has 5 amide bonds. The first-order valence-electron chi connectivity index (χ1n) is 15.2. The number of piperazine rings is 1. The van der Waals surface area contributed by atoms with Gasteiger partial charge in [-0.15, -0.1) is 6.42 Å². The highest BCUT2D eigenvalue weighted by atomic mass is 16.6. The molecule has 5 rings (SSSR count). The summed E-state index contributed by atoms with van der Waals surface area (Å²) in [5, 5.41) is 10.4. The molecular weight excluding hydrogens is 586 g/mol. The van der Waals surface area contributed by atoms with E-state index in [-0.39, 0.29) is 37.9 Å². The maximum atomic E-state index is 14.2. The van der Waals surface area contributed by atoms with Gasteiger partial charge in [-0.3, -0.25) is 9.59 Å². The van der Waals surface area contributed by atoms with Crippen LogP contribution in [0.25, 0.3) is 10.8 Å². The van der Waals surface area contributed by atoms with Crippen LogP contribution in [0.4, 0.5) is 9.59 Å². The van der Waals surface area contributed by atoms with Gasteiger partial charge in [0.2, 0.25) is 11.8 Å². The van der Waals surface area contributed by atoms with E-state index in [1.54, 1.807) is 39.1 Å². The highest BCUT2D eigenvalue weighted by Crippen LogP contribution is 2.31. The number of nitrogens with one attached hydrogen (secondary N) is 2. The molecule has 2 aliphatic heterocycles. The highest BCUT2D eigenvalue weighted by Gasteiger charge is 2.52. The molecule has 0 bridgehead atoms. The molecule has 240 valence electrons. The number of nitrogens with zero attached hydrogens (tertiary/aromatic N) is 5. The van der Waals surface area contributed by atoms with Gasteiger partial charge in [-0.25, -0.2) is 14.6 Å². The van der Waals surface area contributed by atoms with Crippen molar-refractivity contribution < 1.29 is 23.9 Å². The normalized spacial score (nSPS) is 18.0. The molecule has 3 aromatic rings. The largest absolute Gasteiger partial charge is 0.412 e. The van der Waals surface area contributed by atoms with Gasteiger partial charge in [0, 0.05) is 33.1 Å². The van der Waals surface area contributed by atoms with Crippen molar-refractivity contribution in [3.63, 3.8) is 0 Å². The molecule has 12 nitrogen and oxygen atoms in total. The van der Waals surface area contributed by atoms with Gasteiger partial charge in [0.15, 0.2) is 0 Å². The summed E-state index contributed by atoms with van der Waals surface area (Å²) < 4.78 is 5.39. The van der Waals surface area contributed by atoms with Crippen molar-refractivity contribution in [3.05, 3.63) is 77.9 Å². The van der Waals surface area contributed by atoms with E-state index in [9.17, 15) is 19.2 Å². The van der Waals surface area contributed by atoms with Gasteiger partial charge >= 0.3 is 12.1 Å². The van der Waals surface area contributed by atoms with Crippen molar-refractivity contribution in [3.8, 4) is 18.1 Å². The lowest BCUT2D eigenvalue weighted by Gasteiger charge is -2.46. The molecule has 0 radical (unpaired) electrons. The van der Waals surface area contributed by atoms with E-state index in [0.717, 1.165) is 21.9 Å². The average Bonchev–Trinajstić information content (AvgIpc) is 3.37. The Hall–Kier alpha value is -5.12. The second-order valence-corrected chi connectivity index (χ2v) is 11.5. The number of carbonyl (C=O) groups excluding carboxylic acids is 4. The van der Waals surface area contributed by atoms with Crippen LogP contribution in [0.5, 0.6) is 5.75 Å². The molecule has 12 heteroatoms. The number of hydrazine groups is 1. The van der Waals surface area contributed by atoms with Crippen LogP contribution < -0.4 is 15.4 Å². The minimum atomic E-state index is -0.829. The smallest absolute Gasteiger partial charge is 0.410 e. The number of hydrogen-bond acceptors (Lipinski definition) is 7. The lowest BCUT2D eigenvalue weighted by molar-refractivity contribution is -0.157. The number of likely N-dealkylation sites (N-methyl/N-ethyl adjacent to an activating group) is 1.